The van der Waals surface area contributed by atoms with Crippen LogP contribution in [0.5, 0.6) is 0 Å². The van der Waals surface area contributed by atoms with Crippen molar-refractivity contribution in [1.82, 2.24) is 4.98 Å². The van der Waals surface area contributed by atoms with Crippen molar-refractivity contribution in [2.75, 3.05) is 18.0 Å². The van der Waals surface area contributed by atoms with E-state index in [-0.39, 0.29) is 27.3 Å². The fourth-order valence-corrected chi connectivity index (χ4v) is 4.87. The van der Waals surface area contributed by atoms with Crippen LogP contribution in [0.25, 0.3) is 11.5 Å². The zero-order valence-electron chi connectivity index (χ0n) is 15.6. The predicted molar refractivity (Wildman–Crippen MR) is 109 cm³/mol. The number of benzene rings is 2. The first-order chi connectivity index (χ1) is 14.0. The summed E-state index contributed by atoms with van der Waals surface area (Å²) in [6.07, 6.45) is 4.00. The molecule has 29 heavy (non-hydrogen) atoms. The maximum absolute atomic E-state index is 14.3. The van der Waals surface area contributed by atoms with E-state index >= 15 is 0 Å². The number of rotatable bonds is 4. The summed E-state index contributed by atoms with van der Waals surface area (Å²) >= 11 is 5.90. The van der Waals surface area contributed by atoms with Crippen LogP contribution in [0.1, 0.15) is 25.7 Å². The molecule has 3 aromatic rings. The van der Waals surface area contributed by atoms with E-state index in [1.807, 2.05) is 4.90 Å². The first-order valence-electron chi connectivity index (χ1n) is 9.48. The number of oxazole rings is 1. The summed E-state index contributed by atoms with van der Waals surface area (Å²) in [4.78, 5) is 6.21. The van der Waals surface area contributed by atoms with Crippen LogP contribution in [0.2, 0.25) is 5.02 Å². The Kier molecular flexibility index (Phi) is 5.61. The molecular weight excluding hydrogens is 415 g/mol. The second-order valence-electron chi connectivity index (χ2n) is 6.97. The number of hydrogen-bond donors (Lipinski definition) is 0. The van der Waals surface area contributed by atoms with Crippen molar-refractivity contribution >= 4 is 27.3 Å². The van der Waals surface area contributed by atoms with E-state index in [0.717, 1.165) is 25.7 Å². The van der Waals surface area contributed by atoms with Gasteiger partial charge in [-0.1, -0.05) is 36.6 Å². The minimum Gasteiger partial charge on any atom is -0.419 e. The van der Waals surface area contributed by atoms with Crippen LogP contribution in [-0.4, -0.2) is 26.5 Å². The number of aromatic nitrogens is 1. The van der Waals surface area contributed by atoms with E-state index in [1.165, 1.54) is 36.4 Å². The van der Waals surface area contributed by atoms with Crippen molar-refractivity contribution in [2.45, 2.75) is 35.6 Å². The molecule has 0 bridgehead atoms. The van der Waals surface area contributed by atoms with Gasteiger partial charge in [-0.05, 0) is 49.2 Å². The Balaban J connectivity index is 1.86. The van der Waals surface area contributed by atoms with Crippen molar-refractivity contribution in [1.29, 1.82) is 0 Å². The smallest absolute Gasteiger partial charge is 0.236 e. The van der Waals surface area contributed by atoms with E-state index in [9.17, 15) is 12.8 Å². The molecule has 5 nitrogen and oxygen atoms in total. The number of hydrogen-bond acceptors (Lipinski definition) is 5. The van der Waals surface area contributed by atoms with Gasteiger partial charge >= 0.3 is 0 Å². The average Bonchev–Trinajstić information content (AvgIpc) is 2.98. The molecule has 1 aliphatic heterocycles. The van der Waals surface area contributed by atoms with Crippen LogP contribution in [0.15, 0.2) is 62.9 Å². The molecule has 152 valence electrons. The Hall–Kier alpha value is -2.38. The van der Waals surface area contributed by atoms with Crippen LogP contribution in [0.4, 0.5) is 10.3 Å². The summed E-state index contributed by atoms with van der Waals surface area (Å²) in [5.41, 5.74) is 0.126. The molecule has 0 saturated carbocycles. The van der Waals surface area contributed by atoms with Gasteiger partial charge in [-0.3, -0.25) is 0 Å². The standard InChI is InChI=1S/C21H20ClFN2O3S/c22-15-9-11-16(12-10-15)29(26,27)20-21(25-13-5-1-2-6-14-25)28-19(24-20)17-7-3-4-8-18(17)23/h3-4,7-12H,1-2,5-6,13-14H2. The molecule has 0 N–H and O–H groups in total. The third kappa shape index (κ3) is 4.02. The summed E-state index contributed by atoms with van der Waals surface area (Å²) in [5.74, 6) is -0.401. The van der Waals surface area contributed by atoms with Gasteiger partial charge in [0.25, 0.3) is 0 Å². The van der Waals surface area contributed by atoms with Crippen molar-refractivity contribution in [3.63, 3.8) is 0 Å². The molecule has 4 rings (SSSR count). The summed E-state index contributed by atoms with van der Waals surface area (Å²) in [5, 5.41) is 0.240. The molecule has 2 heterocycles. The zero-order valence-corrected chi connectivity index (χ0v) is 17.2. The normalized spacial score (nSPS) is 15.3. The molecule has 1 aliphatic rings. The largest absolute Gasteiger partial charge is 0.419 e. The van der Waals surface area contributed by atoms with Crippen molar-refractivity contribution < 1.29 is 17.2 Å². The molecule has 1 fully saturated rings. The molecule has 0 radical (unpaired) electrons. The molecule has 0 atom stereocenters. The fourth-order valence-electron chi connectivity index (χ4n) is 3.42. The van der Waals surface area contributed by atoms with Gasteiger partial charge in [0.15, 0.2) is 0 Å². The minimum absolute atomic E-state index is 0.0464. The van der Waals surface area contributed by atoms with Crippen LogP contribution in [-0.2, 0) is 9.84 Å². The predicted octanol–water partition coefficient (Wildman–Crippen LogP) is 5.35. The maximum Gasteiger partial charge on any atom is 0.236 e. The summed E-state index contributed by atoms with van der Waals surface area (Å²) < 4.78 is 46.9. The lowest BCUT2D eigenvalue weighted by atomic mass is 10.2. The van der Waals surface area contributed by atoms with Gasteiger partial charge in [0.1, 0.15) is 5.82 Å². The van der Waals surface area contributed by atoms with Gasteiger partial charge in [-0.15, -0.1) is 0 Å². The lowest BCUT2D eigenvalue weighted by molar-refractivity contribution is 0.537. The number of nitrogens with zero attached hydrogens (tertiary/aromatic N) is 2. The first-order valence-corrected chi connectivity index (χ1v) is 11.3. The molecule has 2 aromatic carbocycles. The molecule has 8 heteroatoms. The molecule has 0 unspecified atom stereocenters. The molecular formula is C21H20ClFN2O3S. The van der Waals surface area contributed by atoms with Gasteiger partial charge in [-0.2, -0.15) is 4.98 Å². The summed E-state index contributed by atoms with van der Waals surface area (Å²) in [6.45, 7) is 1.32. The van der Waals surface area contributed by atoms with Gasteiger partial charge < -0.3 is 9.32 Å². The molecule has 0 amide bonds. The van der Waals surface area contributed by atoms with Crippen LogP contribution >= 0.6 is 11.6 Å². The summed E-state index contributed by atoms with van der Waals surface area (Å²) in [7, 11) is -3.98. The molecule has 0 spiro atoms. The van der Waals surface area contributed by atoms with Crippen LogP contribution < -0.4 is 4.90 Å². The fraction of sp³-hybridized carbons (Fsp3) is 0.286. The van der Waals surface area contributed by atoms with Crippen LogP contribution in [0, 0.1) is 5.82 Å². The third-order valence-electron chi connectivity index (χ3n) is 4.96. The van der Waals surface area contributed by atoms with Gasteiger partial charge in [-0.25, -0.2) is 12.8 Å². The number of halogens is 2. The lowest BCUT2D eigenvalue weighted by Gasteiger charge is -2.20. The Bertz CT molecular complexity index is 1110. The summed E-state index contributed by atoms with van der Waals surface area (Å²) in [6, 6.07) is 11.9. The van der Waals surface area contributed by atoms with Crippen molar-refractivity contribution in [3.8, 4) is 11.5 Å². The van der Waals surface area contributed by atoms with E-state index in [2.05, 4.69) is 4.98 Å². The van der Waals surface area contributed by atoms with Gasteiger partial charge in [0.2, 0.25) is 26.6 Å². The van der Waals surface area contributed by atoms with E-state index in [4.69, 9.17) is 16.0 Å². The molecule has 1 saturated heterocycles. The topological polar surface area (TPSA) is 63.4 Å². The quantitative estimate of drug-likeness (QED) is 0.554. The van der Waals surface area contributed by atoms with Crippen LogP contribution in [0.3, 0.4) is 0 Å². The van der Waals surface area contributed by atoms with Gasteiger partial charge in [0.05, 0.1) is 10.5 Å². The SMILES string of the molecule is O=S(=O)(c1ccc(Cl)cc1)c1nc(-c2ccccc2F)oc1N1CCCCCC1. The van der Waals surface area contributed by atoms with Crippen molar-refractivity contribution in [3.05, 3.63) is 59.4 Å². The number of sulfone groups is 1. The third-order valence-corrected chi connectivity index (χ3v) is 6.88. The number of anilines is 1. The molecule has 0 aliphatic carbocycles. The first kappa shape index (κ1) is 19.9. The van der Waals surface area contributed by atoms with E-state index in [1.54, 1.807) is 12.1 Å². The maximum atomic E-state index is 14.3. The van der Waals surface area contributed by atoms with Crippen molar-refractivity contribution in [2.24, 2.45) is 0 Å². The molecule has 1 aromatic heterocycles. The lowest BCUT2D eigenvalue weighted by Crippen LogP contribution is -2.25. The Morgan fingerprint density at radius 1 is 0.966 bits per heavy atom. The Morgan fingerprint density at radius 2 is 1.62 bits per heavy atom. The highest BCUT2D eigenvalue weighted by molar-refractivity contribution is 7.91. The average molecular weight is 435 g/mol. The highest BCUT2D eigenvalue weighted by Gasteiger charge is 2.32. The second-order valence-corrected chi connectivity index (χ2v) is 9.27. The monoisotopic (exact) mass is 434 g/mol. The second kappa shape index (κ2) is 8.16. The highest BCUT2D eigenvalue weighted by Crippen LogP contribution is 2.36. The van der Waals surface area contributed by atoms with E-state index in [0.29, 0.717) is 18.1 Å². The minimum atomic E-state index is -3.98. The van der Waals surface area contributed by atoms with E-state index < -0.39 is 15.7 Å². The Labute approximate surface area is 174 Å². The highest BCUT2D eigenvalue weighted by atomic mass is 35.5. The van der Waals surface area contributed by atoms with Gasteiger partial charge in [0, 0.05) is 18.1 Å². The Morgan fingerprint density at radius 3 is 2.28 bits per heavy atom. The zero-order chi connectivity index (χ0) is 20.4.